The van der Waals surface area contributed by atoms with E-state index in [-0.39, 0.29) is 5.52 Å². The minimum absolute atomic E-state index is 0.271. The molecule has 0 aliphatic heterocycles. The van der Waals surface area contributed by atoms with Gasteiger partial charge >= 0.3 is 5.92 Å². The van der Waals surface area contributed by atoms with Gasteiger partial charge in [-0.25, -0.2) is 4.39 Å². The zero-order valence-corrected chi connectivity index (χ0v) is 9.17. The number of Topliss-reactive ketones (excluding diaryl/α,β-unsaturated/α-hetero) is 1. The number of hydrogen-bond donors (Lipinski definition) is 0. The van der Waals surface area contributed by atoms with Crippen LogP contribution in [0.3, 0.4) is 0 Å². The maximum Gasteiger partial charge on any atom is 0.333 e. The lowest BCUT2D eigenvalue weighted by atomic mass is 10.0. The molecule has 17 heavy (non-hydrogen) atoms. The Bertz CT molecular complexity index is 604. The second-order valence-corrected chi connectivity index (χ2v) is 3.82. The van der Waals surface area contributed by atoms with E-state index in [0.29, 0.717) is 5.39 Å². The zero-order chi connectivity index (χ0) is 12.8. The molecule has 0 aliphatic carbocycles. The van der Waals surface area contributed by atoms with Crippen molar-refractivity contribution < 1.29 is 18.0 Å². The molecule has 1 heterocycles. The maximum absolute atomic E-state index is 13.5. The lowest BCUT2D eigenvalue weighted by Crippen LogP contribution is -2.24. The van der Waals surface area contributed by atoms with Gasteiger partial charge in [0.15, 0.2) is 0 Å². The van der Waals surface area contributed by atoms with Crippen LogP contribution >= 0.6 is 0 Å². The van der Waals surface area contributed by atoms with Gasteiger partial charge in [0.05, 0.1) is 11.1 Å². The smallest absolute Gasteiger partial charge is 0.293 e. The number of carbonyl (C=O) groups excluding carboxylic acids is 1. The highest BCUT2D eigenvalue weighted by atomic mass is 19.3. The summed E-state index contributed by atoms with van der Waals surface area (Å²) in [5, 5.41) is 4.25. The molecule has 0 aliphatic rings. The molecule has 0 unspecified atom stereocenters. The SMILES string of the molecule is CC(=O)C(F)(F)c1cc2cn(C)nc2cc1F. The first-order valence-corrected chi connectivity index (χ1v) is 4.84. The Morgan fingerprint density at radius 2 is 2.06 bits per heavy atom. The first kappa shape index (κ1) is 11.6. The lowest BCUT2D eigenvalue weighted by molar-refractivity contribution is -0.142. The lowest BCUT2D eigenvalue weighted by Gasteiger charge is -2.13. The minimum Gasteiger partial charge on any atom is -0.293 e. The molecule has 0 atom stereocenters. The average Bonchev–Trinajstić information content (AvgIpc) is 2.55. The normalized spacial score (nSPS) is 12.1. The Hall–Kier alpha value is -1.85. The van der Waals surface area contributed by atoms with Gasteiger partial charge in [-0.05, 0) is 6.07 Å². The number of carbonyl (C=O) groups is 1. The Morgan fingerprint density at radius 3 is 2.65 bits per heavy atom. The van der Waals surface area contributed by atoms with E-state index in [1.54, 1.807) is 7.05 Å². The predicted molar refractivity (Wildman–Crippen MR) is 55.2 cm³/mol. The zero-order valence-electron chi connectivity index (χ0n) is 9.17. The van der Waals surface area contributed by atoms with Crippen molar-refractivity contribution >= 4 is 16.7 Å². The highest BCUT2D eigenvalue weighted by Crippen LogP contribution is 2.33. The number of aryl methyl sites for hydroxylation is 1. The van der Waals surface area contributed by atoms with E-state index in [2.05, 4.69) is 5.10 Å². The fourth-order valence-corrected chi connectivity index (χ4v) is 1.60. The van der Waals surface area contributed by atoms with Crippen LogP contribution in [0.25, 0.3) is 10.9 Å². The van der Waals surface area contributed by atoms with E-state index in [1.807, 2.05) is 0 Å². The van der Waals surface area contributed by atoms with Crippen LogP contribution in [0.15, 0.2) is 18.3 Å². The van der Waals surface area contributed by atoms with Crippen LogP contribution in [0.4, 0.5) is 13.2 Å². The van der Waals surface area contributed by atoms with Crippen LogP contribution < -0.4 is 0 Å². The van der Waals surface area contributed by atoms with E-state index in [0.717, 1.165) is 19.1 Å². The van der Waals surface area contributed by atoms with Crippen molar-refractivity contribution in [2.24, 2.45) is 7.05 Å². The average molecular weight is 242 g/mol. The number of ketones is 1. The van der Waals surface area contributed by atoms with E-state index >= 15 is 0 Å². The molecular weight excluding hydrogens is 233 g/mol. The minimum atomic E-state index is -3.81. The van der Waals surface area contributed by atoms with Gasteiger partial charge in [-0.2, -0.15) is 13.9 Å². The predicted octanol–water partition coefficient (Wildman–Crippen LogP) is 2.39. The molecule has 0 amide bonds. The number of halogens is 3. The summed E-state index contributed by atoms with van der Waals surface area (Å²) in [5.41, 5.74) is -0.640. The van der Waals surface area contributed by atoms with Crippen LogP contribution in [0.2, 0.25) is 0 Å². The number of hydrogen-bond acceptors (Lipinski definition) is 2. The molecule has 0 N–H and O–H groups in total. The number of alkyl halides is 2. The molecule has 0 saturated heterocycles. The van der Waals surface area contributed by atoms with Crippen LogP contribution in [0.1, 0.15) is 12.5 Å². The fourth-order valence-electron chi connectivity index (χ4n) is 1.60. The van der Waals surface area contributed by atoms with Gasteiger partial charge in [0.1, 0.15) is 5.82 Å². The Morgan fingerprint density at radius 1 is 1.41 bits per heavy atom. The van der Waals surface area contributed by atoms with Gasteiger partial charge in [0.25, 0.3) is 0 Å². The molecule has 0 bridgehead atoms. The second-order valence-electron chi connectivity index (χ2n) is 3.82. The molecule has 2 rings (SSSR count). The molecule has 2 aromatic rings. The van der Waals surface area contributed by atoms with Crippen LogP contribution in [0.5, 0.6) is 0 Å². The molecule has 1 aromatic heterocycles. The topological polar surface area (TPSA) is 34.9 Å². The van der Waals surface area contributed by atoms with Crippen LogP contribution in [0, 0.1) is 5.82 Å². The molecule has 3 nitrogen and oxygen atoms in total. The molecule has 0 spiro atoms. The van der Waals surface area contributed by atoms with Gasteiger partial charge in [-0.3, -0.25) is 9.48 Å². The molecule has 0 saturated carbocycles. The monoisotopic (exact) mass is 242 g/mol. The van der Waals surface area contributed by atoms with Gasteiger partial charge in [-0.15, -0.1) is 0 Å². The standard InChI is InChI=1S/C11H9F3N2O/c1-6(17)11(13,14)8-3-7-5-16(2)15-10(7)4-9(8)12/h3-5H,1-2H3. The Labute approximate surface area is 94.8 Å². The summed E-state index contributed by atoms with van der Waals surface area (Å²) in [4.78, 5) is 10.8. The van der Waals surface area contributed by atoms with Crippen molar-refractivity contribution in [1.82, 2.24) is 9.78 Å². The third-order valence-electron chi connectivity index (χ3n) is 2.49. The summed E-state index contributed by atoms with van der Waals surface area (Å²) in [5.74, 6) is -6.33. The van der Waals surface area contributed by atoms with Crippen molar-refractivity contribution in [3.63, 3.8) is 0 Å². The van der Waals surface area contributed by atoms with Gasteiger partial charge in [-0.1, -0.05) is 0 Å². The quantitative estimate of drug-likeness (QED) is 0.810. The largest absolute Gasteiger partial charge is 0.333 e. The van der Waals surface area contributed by atoms with Gasteiger partial charge < -0.3 is 0 Å². The summed E-state index contributed by atoms with van der Waals surface area (Å²) >= 11 is 0. The summed E-state index contributed by atoms with van der Waals surface area (Å²) < 4.78 is 41.8. The van der Waals surface area contributed by atoms with Crippen molar-refractivity contribution in [2.75, 3.05) is 0 Å². The van der Waals surface area contributed by atoms with E-state index in [9.17, 15) is 18.0 Å². The highest BCUT2D eigenvalue weighted by molar-refractivity contribution is 5.87. The number of rotatable bonds is 2. The van der Waals surface area contributed by atoms with Gasteiger partial charge in [0.2, 0.25) is 5.78 Å². The summed E-state index contributed by atoms with van der Waals surface area (Å²) in [7, 11) is 1.60. The first-order chi connectivity index (χ1) is 7.82. The number of nitrogens with zero attached hydrogens (tertiary/aromatic N) is 2. The van der Waals surface area contributed by atoms with E-state index in [1.165, 1.54) is 10.9 Å². The van der Waals surface area contributed by atoms with Gasteiger partial charge in [0, 0.05) is 31.6 Å². The molecule has 1 aromatic carbocycles. The molecule has 6 heteroatoms. The van der Waals surface area contributed by atoms with E-state index < -0.39 is 23.1 Å². The molecule has 0 fully saturated rings. The van der Waals surface area contributed by atoms with Crippen molar-refractivity contribution in [3.05, 3.63) is 29.7 Å². The third kappa shape index (κ3) is 1.79. The van der Waals surface area contributed by atoms with Crippen molar-refractivity contribution in [1.29, 1.82) is 0 Å². The Balaban J connectivity index is 2.69. The number of aromatic nitrogens is 2. The first-order valence-electron chi connectivity index (χ1n) is 4.84. The number of fused-ring (bicyclic) bond motifs is 1. The maximum atomic E-state index is 13.5. The summed E-state index contributed by atoms with van der Waals surface area (Å²) in [6.07, 6.45) is 1.48. The van der Waals surface area contributed by atoms with Crippen molar-refractivity contribution in [2.45, 2.75) is 12.8 Å². The Kier molecular flexibility index (Phi) is 2.45. The second kappa shape index (κ2) is 3.58. The van der Waals surface area contributed by atoms with Crippen LogP contribution in [-0.2, 0) is 17.8 Å². The van der Waals surface area contributed by atoms with E-state index in [4.69, 9.17) is 0 Å². The third-order valence-corrected chi connectivity index (χ3v) is 2.49. The van der Waals surface area contributed by atoms with Crippen LogP contribution in [-0.4, -0.2) is 15.6 Å². The summed E-state index contributed by atoms with van der Waals surface area (Å²) in [6.45, 7) is 0.729. The molecular formula is C11H9F3N2O. The van der Waals surface area contributed by atoms with Crippen molar-refractivity contribution in [3.8, 4) is 0 Å². The summed E-state index contributed by atoms with van der Waals surface area (Å²) in [6, 6.07) is 1.86. The number of benzene rings is 1. The molecule has 90 valence electrons. The fraction of sp³-hybridized carbons (Fsp3) is 0.273. The molecule has 0 radical (unpaired) electrons. The highest BCUT2D eigenvalue weighted by Gasteiger charge is 2.40.